The highest BCUT2D eigenvalue weighted by molar-refractivity contribution is 6.12. The molecule has 74 heavy (non-hydrogen) atoms. The molecule has 2 nitrogen and oxygen atoms in total. The molecule has 0 heterocycles. The van der Waals surface area contributed by atoms with Gasteiger partial charge in [0, 0.05) is 39.3 Å². The largest absolute Gasteiger partial charge is 0.310 e. The van der Waals surface area contributed by atoms with E-state index < -0.39 is 10.8 Å². The van der Waals surface area contributed by atoms with Crippen molar-refractivity contribution < 1.29 is 0 Å². The van der Waals surface area contributed by atoms with E-state index in [1.807, 2.05) is 0 Å². The van der Waals surface area contributed by atoms with Gasteiger partial charge >= 0.3 is 0 Å². The molecule has 0 bridgehead atoms. The van der Waals surface area contributed by atoms with Crippen LogP contribution >= 0.6 is 0 Å². The average molecular weight is 941 g/mol. The van der Waals surface area contributed by atoms with Crippen LogP contribution in [0.15, 0.2) is 291 Å². The molecule has 15 rings (SSSR count). The summed E-state index contributed by atoms with van der Waals surface area (Å²) in [5.74, 6) is 0. The van der Waals surface area contributed by atoms with E-state index in [0.29, 0.717) is 0 Å². The summed E-state index contributed by atoms with van der Waals surface area (Å²) in [7, 11) is 0. The van der Waals surface area contributed by atoms with Crippen LogP contribution in [0.3, 0.4) is 0 Å². The SMILES string of the molecule is c1ccc(N(c2ccc3c(c2)-c2ccccc2C3(c2ccccc2)c2ccccc2)c2cccc3c2-c2ccccc2C32c3ccccc3-c3c2cc2ccccc2c3N(c2ccccc2)c2ccccc2)cc1. The zero-order chi connectivity index (χ0) is 48.8. The Morgan fingerprint density at radius 2 is 0.689 bits per heavy atom. The minimum Gasteiger partial charge on any atom is -0.310 e. The molecule has 3 aliphatic rings. The Morgan fingerprint density at radius 1 is 0.243 bits per heavy atom. The molecule has 0 aliphatic heterocycles. The van der Waals surface area contributed by atoms with Gasteiger partial charge < -0.3 is 9.80 Å². The molecule has 0 amide bonds. The molecule has 346 valence electrons. The second-order valence-electron chi connectivity index (χ2n) is 19.8. The maximum Gasteiger partial charge on any atom is 0.0727 e. The second-order valence-corrected chi connectivity index (χ2v) is 19.8. The number of fused-ring (bicyclic) bond motifs is 14. The smallest absolute Gasteiger partial charge is 0.0727 e. The van der Waals surface area contributed by atoms with Crippen molar-refractivity contribution in [3.05, 3.63) is 336 Å². The summed E-state index contributed by atoms with van der Waals surface area (Å²) in [4.78, 5) is 5.01. The monoisotopic (exact) mass is 940 g/mol. The minimum absolute atomic E-state index is 0.493. The van der Waals surface area contributed by atoms with E-state index in [9.17, 15) is 0 Å². The maximum atomic E-state index is 2.52. The van der Waals surface area contributed by atoms with E-state index in [1.165, 1.54) is 94.3 Å². The van der Waals surface area contributed by atoms with Crippen LogP contribution in [-0.4, -0.2) is 0 Å². The lowest BCUT2D eigenvalue weighted by atomic mass is 9.68. The number of para-hydroxylation sites is 3. The minimum atomic E-state index is -0.629. The third-order valence-corrected chi connectivity index (χ3v) is 16.3. The zero-order valence-corrected chi connectivity index (χ0v) is 40.6. The van der Waals surface area contributed by atoms with Crippen LogP contribution in [0, 0.1) is 0 Å². The Kier molecular flexibility index (Phi) is 9.43. The van der Waals surface area contributed by atoms with Crippen molar-refractivity contribution in [2.24, 2.45) is 0 Å². The van der Waals surface area contributed by atoms with Gasteiger partial charge in [0.25, 0.3) is 0 Å². The Labute approximate surface area is 432 Å². The maximum absolute atomic E-state index is 2.52. The number of rotatable bonds is 8. The van der Waals surface area contributed by atoms with Crippen molar-refractivity contribution in [3.63, 3.8) is 0 Å². The molecule has 0 saturated carbocycles. The highest BCUT2D eigenvalue weighted by Crippen LogP contribution is 2.67. The van der Waals surface area contributed by atoms with Crippen LogP contribution in [0.5, 0.6) is 0 Å². The van der Waals surface area contributed by atoms with E-state index in [0.717, 1.165) is 28.4 Å². The van der Waals surface area contributed by atoms with Gasteiger partial charge in [-0.05, 0) is 133 Å². The third kappa shape index (κ3) is 5.82. The molecule has 12 aromatic carbocycles. The van der Waals surface area contributed by atoms with E-state index in [-0.39, 0.29) is 0 Å². The number of nitrogens with zero attached hydrogens (tertiary/aromatic N) is 2. The first-order valence-corrected chi connectivity index (χ1v) is 25.8. The summed E-state index contributed by atoms with van der Waals surface area (Å²) in [5.41, 5.74) is 23.5. The van der Waals surface area contributed by atoms with Crippen LogP contribution in [0.4, 0.5) is 34.1 Å². The highest BCUT2D eigenvalue weighted by Gasteiger charge is 2.54. The predicted octanol–water partition coefficient (Wildman–Crippen LogP) is 18.5. The van der Waals surface area contributed by atoms with Crippen molar-refractivity contribution in [1.82, 2.24) is 0 Å². The molecule has 3 aliphatic carbocycles. The van der Waals surface area contributed by atoms with Crippen LogP contribution in [0.2, 0.25) is 0 Å². The van der Waals surface area contributed by atoms with Crippen LogP contribution in [0.25, 0.3) is 44.2 Å². The van der Waals surface area contributed by atoms with Gasteiger partial charge in [0.2, 0.25) is 0 Å². The second kappa shape index (κ2) is 16.5. The fourth-order valence-electron chi connectivity index (χ4n) is 13.5. The van der Waals surface area contributed by atoms with E-state index >= 15 is 0 Å². The summed E-state index contributed by atoms with van der Waals surface area (Å²) >= 11 is 0. The quantitative estimate of drug-likeness (QED) is 0.150. The molecule has 0 radical (unpaired) electrons. The first kappa shape index (κ1) is 42.2. The first-order valence-electron chi connectivity index (χ1n) is 25.8. The van der Waals surface area contributed by atoms with Gasteiger partial charge in [0.15, 0.2) is 0 Å². The topological polar surface area (TPSA) is 6.48 Å². The molecule has 2 heteroatoms. The predicted molar refractivity (Wildman–Crippen MR) is 307 cm³/mol. The highest BCUT2D eigenvalue weighted by atomic mass is 15.2. The van der Waals surface area contributed by atoms with Crippen LogP contribution < -0.4 is 9.80 Å². The molecule has 1 unspecified atom stereocenters. The number of hydrogen-bond acceptors (Lipinski definition) is 2. The summed E-state index contributed by atoms with van der Waals surface area (Å²) in [6, 6.07) is 108. The van der Waals surface area contributed by atoms with Crippen molar-refractivity contribution in [2.45, 2.75) is 10.8 Å². The van der Waals surface area contributed by atoms with E-state index in [2.05, 4.69) is 301 Å². The summed E-state index contributed by atoms with van der Waals surface area (Å²) in [5, 5.41) is 2.42. The lowest BCUT2D eigenvalue weighted by molar-refractivity contribution is 0.768. The summed E-state index contributed by atoms with van der Waals surface area (Å²) in [6.07, 6.45) is 0. The molecular formula is C72H48N2. The molecule has 0 N–H and O–H groups in total. The number of benzene rings is 12. The van der Waals surface area contributed by atoms with Gasteiger partial charge in [-0.2, -0.15) is 0 Å². The standard InChI is InChI=1S/C72H48N2/c1-6-26-50(27-7-1)71(51-28-8-2-9-29-51)61-40-21-18-37-57(61)60-48-55(45-46-64(60)71)73(52-30-10-3-11-31-52)67-44-24-43-65-68(67)58-38-19-22-41-62(58)72(65)63-42-23-20-39-59(63)69-66(72)47-49-25-16-17-36-56(49)70(69)74(53-32-12-4-13-33-53)54-34-14-5-15-35-54/h1-48H. The Hall–Kier alpha value is -9.50. The van der Waals surface area contributed by atoms with E-state index in [4.69, 9.17) is 0 Å². The molecule has 12 aromatic rings. The van der Waals surface area contributed by atoms with Gasteiger partial charge in [0.1, 0.15) is 0 Å². The van der Waals surface area contributed by atoms with Crippen LogP contribution in [-0.2, 0) is 10.8 Å². The average Bonchev–Trinajstić information content (AvgIpc) is 4.17. The Bertz CT molecular complexity index is 4050. The van der Waals surface area contributed by atoms with Crippen molar-refractivity contribution in [2.75, 3.05) is 9.80 Å². The molecule has 1 spiro atoms. The lowest BCUT2D eigenvalue weighted by Gasteiger charge is -2.34. The first-order chi connectivity index (χ1) is 36.8. The number of hydrogen-bond donors (Lipinski definition) is 0. The fourth-order valence-corrected chi connectivity index (χ4v) is 13.5. The molecule has 0 saturated heterocycles. The summed E-state index contributed by atoms with van der Waals surface area (Å²) in [6.45, 7) is 0. The normalized spacial score (nSPS) is 14.9. The van der Waals surface area contributed by atoms with Gasteiger partial charge in [-0.15, -0.1) is 0 Å². The van der Waals surface area contributed by atoms with Crippen molar-refractivity contribution >= 4 is 44.9 Å². The lowest BCUT2D eigenvalue weighted by Crippen LogP contribution is -2.28. The van der Waals surface area contributed by atoms with Gasteiger partial charge in [-0.3, -0.25) is 0 Å². The summed E-state index contributed by atoms with van der Waals surface area (Å²) < 4.78 is 0. The Balaban J connectivity index is 1.01. The Morgan fingerprint density at radius 3 is 1.28 bits per heavy atom. The number of anilines is 6. The van der Waals surface area contributed by atoms with Gasteiger partial charge in [0.05, 0.1) is 22.2 Å². The zero-order valence-electron chi connectivity index (χ0n) is 40.6. The van der Waals surface area contributed by atoms with Gasteiger partial charge in [-0.25, -0.2) is 0 Å². The van der Waals surface area contributed by atoms with Crippen molar-refractivity contribution in [3.8, 4) is 33.4 Å². The molecule has 0 aromatic heterocycles. The van der Waals surface area contributed by atoms with Gasteiger partial charge in [-0.1, -0.05) is 231 Å². The van der Waals surface area contributed by atoms with Crippen LogP contribution in [0.1, 0.15) is 44.5 Å². The van der Waals surface area contributed by atoms with Crippen molar-refractivity contribution in [1.29, 1.82) is 0 Å². The fraction of sp³-hybridized carbons (Fsp3) is 0.0278. The third-order valence-electron chi connectivity index (χ3n) is 16.3. The van der Waals surface area contributed by atoms with E-state index in [1.54, 1.807) is 0 Å². The molecule has 1 atom stereocenters. The molecular weight excluding hydrogens is 893 g/mol. The molecule has 0 fully saturated rings.